The summed E-state index contributed by atoms with van der Waals surface area (Å²) in [6.07, 6.45) is 3.74. The molecule has 1 fully saturated rings. The van der Waals surface area contributed by atoms with Gasteiger partial charge in [0, 0.05) is 45.2 Å². The molecule has 136 valence electrons. The maximum absolute atomic E-state index is 4.46. The Hall–Kier alpha value is -1.07. The zero-order chi connectivity index (χ0) is 17.4. The van der Waals surface area contributed by atoms with E-state index in [2.05, 4.69) is 58.5 Å². The largest absolute Gasteiger partial charge is 0.356 e. The molecule has 1 N–H and O–H groups in total. The highest BCUT2D eigenvalue weighted by atomic mass is 32.1. The standard InChI is InChI=1S/C19H34N4S/c1-16(2)14-23-10-5-7-17(15-23)13-21-19(20-3)22(4)11-9-18-8-6-12-24-18/h6,8,12,16-17H,5,7,9-11,13-15H2,1-4H3,(H,20,21). The Morgan fingerprint density at radius 1 is 1.50 bits per heavy atom. The van der Waals surface area contributed by atoms with Gasteiger partial charge in [-0.3, -0.25) is 4.99 Å². The van der Waals surface area contributed by atoms with E-state index in [1.165, 1.54) is 37.4 Å². The molecule has 0 amide bonds. The number of guanidine groups is 1. The summed E-state index contributed by atoms with van der Waals surface area (Å²) in [5.41, 5.74) is 0. The van der Waals surface area contributed by atoms with Crippen LogP contribution in [0.3, 0.4) is 0 Å². The van der Waals surface area contributed by atoms with E-state index in [0.29, 0.717) is 0 Å². The highest BCUT2D eigenvalue weighted by Gasteiger charge is 2.20. The van der Waals surface area contributed by atoms with Crippen LogP contribution in [0.25, 0.3) is 0 Å². The molecule has 1 unspecified atom stereocenters. The minimum absolute atomic E-state index is 0.736. The third-order valence-electron chi connectivity index (χ3n) is 4.62. The molecular weight excluding hydrogens is 316 g/mol. The molecule has 1 aliphatic rings. The number of hydrogen-bond acceptors (Lipinski definition) is 3. The number of aliphatic imine (C=N–C) groups is 1. The van der Waals surface area contributed by atoms with Crippen LogP contribution in [0.1, 0.15) is 31.6 Å². The van der Waals surface area contributed by atoms with Gasteiger partial charge in [-0.25, -0.2) is 0 Å². The third-order valence-corrected chi connectivity index (χ3v) is 5.56. The van der Waals surface area contributed by atoms with Gasteiger partial charge in [-0.2, -0.15) is 0 Å². The van der Waals surface area contributed by atoms with E-state index in [9.17, 15) is 0 Å². The molecule has 24 heavy (non-hydrogen) atoms. The minimum Gasteiger partial charge on any atom is -0.356 e. The van der Waals surface area contributed by atoms with Crippen molar-refractivity contribution in [2.45, 2.75) is 33.1 Å². The van der Waals surface area contributed by atoms with Crippen LogP contribution in [-0.4, -0.2) is 62.6 Å². The van der Waals surface area contributed by atoms with Crippen LogP contribution in [0.5, 0.6) is 0 Å². The molecule has 0 aliphatic carbocycles. The predicted molar refractivity (Wildman–Crippen MR) is 106 cm³/mol. The summed E-state index contributed by atoms with van der Waals surface area (Å²) >= 11 is 1.83. The zero-order valence-corrected chi connectivity index (χ0v) is 16.6. The normalized spacial score (nSPS) is 19.7. The number of likely N-dealkylation sites (tertiary alicyclic amines) is 1. The quantitative estimate of drug-likeness (QED) is 0.605. The molecule has 0 bridgehead atoms. The van der Waals surface area contributed by atoms with E-state index in [4.69, 9.17) is 0 Å². The Morgan fingerprint density at radius 2 is 2.33 bits per heavy atom. The van der Waals surface area contributed by atoms with E-state index < -0.39 is 0 Å². The summed E-state index contributed by atoms with van der Waals surface area (Å²) in [6.45, 7) is 10.4. The van der Waals surface area contributed by atoms with Crippen molar-refractivity contribution in [1.82, 2.24) is 15.1 Å². The number of nitrogens with zero attached hydrogens (tertiary/aromatic N) is 3. The molecule has 0 saturated carbocycles. The van der Waals surface area contributed by atoms with E-state index in [0.717, 1.165) is 37.3 Å². The molecule has 2 rings (SSSR count). The average Bonchev–Trinajstić information content (AvgIpc) is 3.06. The second kappa shape index (κ2) is 10.0. The first-order valence-electron chi connectivity index (χ1n) is 9.25. The van der Waals surface area contributed by atoms with Gasteiger partial charge in [0.25, 0.3) is 0 Å². The second-order valence-electron chi connectivity index (χ2n) is 7.34. The fourth-order valence-corrected chi connectivity index (χ4v) is 4.16. The predicted octanol–water partition coefficient (Wildman–Crippen LogP) is 3.17. The Labute approximate surface area is 152 Å². The number of thiophene rings is 1. The first-order chi connectivity index (χ1) is 11.6. The smallest absolute Gasteiger partial charge is 0.193 e. The number of nitrogens with one attached hydrogen (secondary N) is 1. The average molecular weight is 351 g/mol. The van der Waals surface area contributed by atoms with Gasteiger partial charge in [-0.1, -0.05) is 19.9 Å². The van der Waals surface area contributed by atoms with Gasteiger partial charge in [0.15, 0.2) is 5.96 Å². The van der Waals surface area contributed by atoms with Crippen LogP contribution in [0.15, 0.2) is 22.5 Å². The maximum atomic E-state index is 4.46. The molecule has 0 radical (unpaired) electrons. The van der Waals surface area contributed by atoms with Crippen molar-refractivity contribution in [3.63, 3.8) is 0 Å². The van der Waals surface area contributed by atoms with Crippen LogP contribution >= 0.6 is 11.3 Å². The topological polar surface area (TPSA) is 30.9 Å². The van der Waals surface area contributed by atoms with Gasteiger partial charge >= 0.3 is 0 Å². The van der Waals surface area contributed by atoms with Crippen molar-refractivity contribution < 1.29 is 0 Å². The lowest BCUT2D eigenvalue weighted by molar-refractivity contribution is 0.159. The molecule has 0 aromatic carbocycles. The van der Waals surface area contributed by atoms with Crippen LogP contribution < -0.4 is 5.32 Å². The molecule has 1 saturated heterocycles. The maximum Gasteiger partial charge on any atom is 0.193 e. The fourth-order valence-electron chi connectivity index (χ4n) is 3.46. The van der Waals surface area contributed by atoms with Crippen LogP contribution in [0, 0.1) is 11.8 Å². The molecule has 2 heterocycles. The SMILES string of the molecule is CN=C(NCC1CCCN(CC(C)C)C1)N(C)CCc1cccs1. The monoisotopic (exact) mass is 350 g/mol. The van der Waals surface area contributed by atoms with Gasteiger partial charge in [-0.05, 0) is 49.1 Å². The molecule has 1 aromatic heterocycles. The second-order valence-corrected chi connectivity index (χ2v) is 8.37. The highest BCUT2D eigenvalue weighted by Crippen LogP contribution is 2.17. The number of piperidine rings is 1. The fraction of sp³-hybridized carbons (Fsp3) is 0.737. The summed E-state index contributed by atoms with van der Waals surface area (Å²) < 4.78 is 0. The van der Waals surface area contributed by atoms with Crippen LogP contribution in [-0.2, 0) is 6.42 Å². The van der Waals surface area contributed by atoms with Crippen molar-refractivity contribution in [3.8, 4) is 0 Å². The van der Waals surface area contributed by atoms with Crippen molar-refractivity contribution in [3.05, 3.63) is 22.4 Å². The number of rotatable bonds is 7. The van der Waals surface area contributed by atoms with Crippen molar-refractivity contribution >= 4 is 17.3 Å². The number of likely N-dealkylation sites (N-methyl/N-ethyl adjacent to an activating group) is 1. The van der Waals surface area contributed by atoms with Crippen molar-refractivity contribution in [2.24, 2.45) is 16.8 Å². The summed E-state index contributed by atoms with van der Waals surface area (Å²) in [5.74, 6) is 2.51. The van der Waals surface area contributed by atoms with E-state index in [-0.39, 0.29) is 0 Å². The lowest BCUT2D eigenvalue weighted by Crippen LogP contribution is -2.45. The molecule has 1 atom stereocenters. The van der Waals surface area contributed by atoms with E-state index in [1.807, 2.05) is 18.4 Å². The van der Waals surface area contributed by atoms with Gasteiger partial charge in [0.05, 0.1) is 0 Å². The number of hydrogen-bond donors (Lipinski definition) is 1. The lowest BCUT2D eigenvalue weighted by atomic mass is 9.97. The van der Waals surface area contributed by atoms with Gasteiger partial charge < -0.3 is 15.1 Å². The van der Waals surface area contributed by atoms with Gasteiger partial charge in [0.1, 0.15) is 0 Å². The lowest BCUT2D eigenvalue weighted by Gasteiger charge is -2.34. The minimum atomic E-state index is 0.736. The Balaban J connectivity index is 1.74. The molecule has 4 nitrogen and oxygen atoms in total. The summed E-state index contributed by atoms with van der Waals surface area (Å²) in [5, 5.41) is 5.74. The molecule has 1 aliphatic heterocycles. The highest BCUT2D eigenvalue weighted by molar-refractivity contribution is 7.09. The van der Waals surface area contributed by atoms with Crippen molar-refractivity contribution in [1.29, 1.82) is 0 Å². The molecule has 1 aromatic rings. The molecular formula is C19H34N4S. The first-order valence-corrected chi connectivity index (χ1v) is 10.1. The van der Waals surface area contributed by atoms with Crippen LogP contribution in [0.4, 0.5) is 0 Å². The molecule has 5 heteroatoms. The molecule has 0 spiro atoms. The third kappa shape index (κ3) is 6.44. The van der Waals surface area contributed by atoms with E-state index >= 15 is 0 Å². The van der Waals surface area contributed by atoms with Gasteiger partial charge in [0.2, 0.25) is 0 Å². The van der Waals surface area contributed by atoms with Crippen molar-refractivity contribution in [2.75, 3.05) is 46.8 Å². The summed E-state index contributed by atoms with van der Waals surface area (Å²) in [7, 11) is 4.02. The zero-order valence-electron chi connectivity index (χ0n) is 15.8. The Bertz CT molecular complexity index is 484. The van der Waals surface area contributed by atoms with Gasteiger partial charge in [-0.15, -0.1) is 11.3 Å². The van der Waals surface area contributed by atoms with Crippen LogP contribution in [0.2, 0.25) is 0 Å². The summed E-state index contributed by atoms with van der Waals surface area (Å²) in [4.78, 5) is 10.8. The summed E-state index contributed by atoms with van der Waals surface area (Å²) in [6, 6.07) is 4.33. The van der Waals surface area contributed by atoms with E-state index in [1.54, 1.807) is 0 Å². The first kappa shape index (κ1) is 19.3. The Morgan fingerprint density at radius 3 is 3.00 bits per heavy atom. The Kier molecular flexibility index (Phi) is 8.06.